The van der Waals surface area contributed by atoms with E-state index in [0.717, 1.165) is 6.42 Å². The van der Waals surface area contributed by atoms with Gasteiger partial charge in [-0.15, -0.1) is 0 Å². The number of anilines is 9. The molecule has 0 heterocycles. The lowest BCUT2D eigenvalue weighted by atomic mass is 9.82. The molecule has 0 N–H and O–H groups in total. The number of rotatable bonds is 11. The van der Waals surface area contributed by atoms with Gasteiger partial charge in [-0.1, -0.05) is 0 Å². The number of benzene rings is 9. The molecule has 538 valence electrons. The molecule has 0 radical (unpaired) electrons. The van der Waals surface area contributed by atoms with E-state index in [9.17, 15) is 0 Å². The van der Waals surface area contributed by atoms with Gasteiger partial charge in [0.1, 0.15) is 0 Å². The highest BCUT2D eigenvalue weighted by atomic mass is 15.2. The summed E-state index contributed by atoms with van der Waals surface area (Å²) in [7, 11) is 0. The molecule has 0 unspecified atom stereocenters. The molecule has 0 aromatic heterocycles. The lowest BCUT2D eigenvalue weighted by molar-refractivity contribution is 1.01. The van der Waals surface area contributed by atoms with Gasteiger partial charge in [-0.2, -0.15) is 0 Å². The minimum absolute atomic E-state index is 0.891. The normalized spacial score (nSPS) is 11.6. The monoisotopic (exact) mass is 1350 g/mol. The number of hydrogen-bond donors (Lipinski definition) is 0. The third kappa shape index (κ3) is 12.2. The minimum Gasteiger partial charge on any atom is -0.309 e. The molecule has 9 rings (SSSR count). The van der Waals surface area contributed by atoms with E-state index in [-0.39, 0.29) is 0 Å². The van der Waals surface area contributed by atoms with Gasteiger partial charge in [0.15, 0.2) is 0 Å². The Bertz CT molecular complexity index is 4240. The smallest absolute Gasteiger partial charge is 0.0525 e. The van der Waals surface area contributed by atoms with Crippen LogP contribution in [-0.4, -0.2) is 0 Å². The Kier molecular flexibility index (Phi) is 22.4. The summed E-state index contributed by atoms with van der Waals surface area (Å²) in [6, 6.07) is 0. The molecular weight excluding hydrogens is 1220 g/mol. The zero-order valence-corrected chi connectivity index (χ0v) is 72.0. The van der Waals surface area contributed by atoms with Crippen molar-refractivity contribution in [2.45, 2.75) is 304 Å². The molecule has 9 aromatic carbocycles. The lowest BCUT2D eigenvalue weighted by Gasteiger charge is -2.38. The van der Waals surface area contributed by atoms with Crippen LogP contribution < -0.4 is 14.7 Å². The van der Waals surface area contributed by atoms with Crippen molar-refractivity contribution in [3.63, 3.8) is 0 Å². The highest BCUT2D eigenvalue weighted by Crippen LogP contribution is 2.55. The van der Waals surface area contributed by atoms with Crippen molar-refractivity contribution in [1.29, 1.82) is 0 Å². The van der Waals surface area contributed by atoms with Gasteiger partial charge in [-0.05, 0) is 554 Å². The van der Waals surface area contributed by atoms with E-state index >= 15 is 0 Å². The van der Waals surface area contributed by atoms with Crippen LogP contribution in [0.1, 0.15) is 250 Å². The average molecular weight is 1350 g/mol. The summed E-state index contributed by atoms with van der Waals surface area (Å²) in [5, 5.41) is 0. The van der Waals surface area contributed by atoms with E-state index < -0.39 is 0 Å². The molecule has 0 aliphatic carbocycles. The molecule has 0 saturated heterocycles. The van der Waals surface area contributed by atoms with Crippen molar-refractivity contribution in [3.8, 4) is 0 Å². The Balaban J connectivity index is 0.000000319. The summed E-state index contributed by atoms with van der Waals surface area (Å²) in [5.74, 6) is 0. The van der Waals surface area contributed by atoms with E-state index in [1.165, 1.54) is 302 Å². The van der Waals surface area contributed by atoms with Crippen LogP contribution in [0.4, 0.5) is 51.2 Å². The highest BCUT2D eigenvalue weighted by molar-refractivity contribution is 5.94. The second kappa shape index (κ2) is 28.5. The molecule has 3 nitrogen and oxygen atoms in total. The topological polar surface area (TPSA) is 9.72 Å². The van der Waals surface area contributed by atoms with Gasteiger partial charge in [0.2, 0.25) is 0 Å². The summed E-state index contributed by atoms with van der Waals surface area (Å²) < 4.78 is 0. The van der Waals surface area contributed by atoms with Gasteiger partial charge in [0.25, 0.3) is 0 Å². The van der Waals surface area contributed by atoms with E-state index in [0.29, 0.717) is 0 Å². The third-order valence-electron chi connectivity index (χ3n) is 28.6. The molecule has 0 atom stereocenters. The Hall–Kier alpha value is -7.62. The molecule has 0 aliphatic rings. The molecule has 101 heavy (non-hydrogen) atoms. The zero-order chi connectivity index (χ0) is 76.6. The maximum atomic E-state index is 2.70. The van der Waals surface area contributed by atoms with Crippen LogP contribution in [0.3, 0.4) is 0 Å². The molecule has 0 bridgehead atoms. The summed E-state index contributed by atoms with van der Waals surface area (Å²) in [5.41, 5.74) is 74.4. The lowest BCUT2D eigenvalue weighted by Crippen LogP contribution is -2.22. The molecule has 0 fully saturated rings. The van der Waals surface area contributed by atoms with E-state index in [1.54, 1.807) is 0 Å². The first-order valence-corrected chi connectivity index (χ1v) is 37.7. The van der Waals surface area contributed by atoms with Crippen molar-refractivity contribution in [3.05, 3.63) is 250 Å². The number of nitrogens with zero attached hydrogens (tertiary/aromatic N) is 3. The second-order valence-corrected chi connectivity index (χ2v) is 32.2. The van der Waals surface area contributed by atoms with E-state index in [1.807, 2.05) is 0 Å². The summed E-state index contributed by atoms with van der Waals surface area (Å²) in [4.78, 5) is 8.04. The largest absolute Gasteiger partial charge is 0.309 e. The van der Waals surface area contributed by atoms with Crippen molar-refractivity contribution in [2.24, 2.45) is 0 Å². The van der Waals surface area contributed by atoms with E-state index in [4.69, 9.17) is 0 Å². The molecule has 0 aliphatic heterocycles. The molecule has 3 heteroatoms. The maximum absolute atomic E-state index is 2.70. The van der Waals surface area contributed by atoms with Gasteiger partial charge in [-0.25, -0.2) is 0 Å². The van der Waals surface area contributed by atoms with E-state index in [2.05, 4.69) is 312 Å². The van der Waals surface area contributed by atoms with Crippen molar-refractivity contribution in [2.75, 3.05) is 14.7 Å². The molecule has 0 spiro atoms. The average Bonchev–Trinajstić information content (AvgIpc) is 0.737. The molecule has 9 aromatic rings. The SMILES string of the molecule is Cc1c(C)c(C)c(N(c2c(C)c(C)c(C)c(C)c2C)c2c(C)c(C)c(C)c(C)c2C)c(C)c1C.Cc1c(C)c(C)c(N(c2c(C)c(C)c(C)c(C)c2C)c2c(C)c(C)c(Cc3c(C)c(C)c(N(c4c(C)c(C)c(C)c(C)c4C)c4c(C)c(C)c(C)c(C)c4C)c(C)c3C)c(C)c2C)c(C)c1C. The molecular formula is C98H131N3. The first-order valence-electron chi connectivity index (χ1n) is 37.7. The van der Waals surface area contributed by atoms with Gasteiger partial charge in [0, 0.05) is 0 Å². The Labute approximate surface area is 616 Å². The van der Waals surface area contributed by atoms with Gasteiger partial charge in [-0.3, -0.25) is 0 Å². The third-order valence-corrected chi connectivity index (χ3v) is 28.6. The quantitative estimate of drug-likeness (QED) is 0.128. The molecule has 0 amide bonds. The van der Waals surface area contributed by atoms with Crippen LogP contribution in [0, 0.1) is 298 Å². The Morgan fingerprint density at radius 2 is 0.168 bits per heavy atom. The fourth-order valence-corrected chi connectivity index (χ4v) is 17.8. The summed E-state index contributed by atoms with van der Waals surface area (Å²) in [6.45, 7) is 100. The Morgan fingerprint density at radius 1 is 0.0990 bits per heavy atom. The fourth-order valence-electron chi connectivity index (χ4n) is 17.8. The maximum Gasteiger partial charge on any atom is 0.0525 e. The van der Waals surface area contributed by atoms with Crippen LogP contribution in [0.25, 0.3) is 0 Å². The van der Waals surface area contributed by atoms with Crippen molar-refractivity contribution in [1.82, 2.24) is 0 Å². The number of hydrogen-bond acceptors (Lipinski definition) is 3. The minimum atomic E-state index is 0.891. The van der Waals surface area contributed by atoms with Gasteiger partial charge in [0.05, 0.1) is 51.2 Å². The first-order chi connectivity index (χ1) is 46.6. The van der Waals surface area contributed by atoms with Crippen LogP contribution in [0.5, 0.6) is 0 Å². The van der Waals surface area contributed by atoms with Crippen LogP contribution >= 0.6 is 0 Å². The predicted octanol–water partition coefficient (Wildman–Crippen LogP) is 28.6. The van der Waals surface area contributed by atoms with Crippen LogP contribution in [0.2, 0.25) is 0 Å². The van der Waals surface area contributed by atoms with Crippen molar-refractivity contribution >= 4 is 51.2 Å². The summed E-state index contributed by atoms with van der Waals surface area (Å²) >= 11 is 0. The first kappa shape index (κ1) is 79.1. The molecule has 0 saturated carbocycles. The van der Waals surface area contributed by atoms with Crippen LogP contribution in [0.15, 0.2) is 0 Å². The zero-order valence-electron chi connectivity index (χ0n) is 72.0. The standard InChI is InChI=1S/C65H86N2.C33H45N/c1-30-34(5)46(17)60(47(18)35(30)6)66(61-48(19)36(7)31(2)37(8)49(61)20)64-54(25)42(13)58(43(14)55(64)26)29-59-44(15)56(27)65(57(28)45(59)16)67(62-50(21)38(9)32(3)39(10)51(62)22)63-52(23)40(11)33(4)41(12)53(63)24;1-16-19(4)25(10)31(26(11)20(16)5)34(32-27(12)21(6)17(2)22(7)28(32)13)33-29(14)23(8)18(3)24(9)30(33)15/h29H2,1-28H3;1-15H3. The van der Waals surface area contributed by atoms with Crippen molar-refractivity contribution < 1.29 is 0 Å². The van der Waals surface area contributed by atoms with Crippen LogP contribution in [-0.2, 0) is 6.42 Å². The summed E-state index contributed by atoms with van der Waals surface area (Å²) in [6.07, 6.45) is 0.891. The second-order valence-electron chi connectivity index (χ2n) is 32.2. The Morgan fingerprint density at radius 3 is 0.257 bits per heavy atom. The van der Waals surface area contributed by atoms with Gasteiger partial charge >= 0.3 is 0 Å². The van der Waals surface area contributed by atoms with Gasteiger partial charge < -0.3 is 14.7 Å². The fraction of sp³-hybridized carbons (Fsp3) is 0.449. The predicted molar refractivity (Wildman–Crippen MR) is 450 cm³/mol. The highest BCUT2D eigenvalue weighted by Gasteiger charge is 2.35.